The van der Waals surface area contributed by atoms with Crippen LogP contribution in [0.4, 0.5) is 0 Å². The van der Waals surface area contributed by atoms with Gasteiger partial charge in [0.15, 0.2) is 5.16 Å². The molecule has 9 N–H and O–H groups in total. The number of hydrogen-bond acceptors (Lipinski definition) is 8. The Morgan fingerprint density at radius 1 is 1.48 bits per heavy atom. The Hall–Kier alpha value is -2.18. The van der Waals surface area contributed by atoms with Crippen LogP contribution in [0.1, 0.15) is 13.3 Å². The van der Waals surface area contributed by atoms with E-state index in [0.717, 1.165) is 0 Å². The molecule has 0 aromatic carbocycles. The predicted molar refractivity (Wildman–Crippen MR) is 85.9 cm³/mol. The Morgan fingerprint density at radius 3 is 2.64 bits per heavy atom. The lowest BCUT2D eigenvalue weighted by Crippen LogP contribution is -2.59. The van der Waals surface area contributed by atoms with Crippen LogP contribution in [0, 0.1) is 17.8 Å². The first-order chi connectivity index (χ1) is 11.3. The number of nitrogens with one attached hydrogen (secondary N) is 2. The molecule has 138 valence electrons. The van der Waals surface area contributed by atoms with Gasteiger partial charge in [-0.05, 0) is 19.3 Å². The number of carboxylic acids is 2. The second-order valence-corrected chi connectivity index (χ2v) is 7.40. The number of nitrogens with two attached hydrogens (primary N) is 1. The van der Waals surface area contributed by atoms with Gasteiger partial charge in [-0.1, -0.05) is 11.8 Å². The normalized spacial score (nSPS) is 33.7. The van der Waals surface area contributed by atoms with E-state index in [1.54, 1.807) is 0 Å². The maximum Gasteiger partial charge on any atom is 0.329 e. The summed E-state index contributed by atoms with van der Waals surface area (Å²) in [6.45, 7) is 1.44. The predicted octanol–water partition coefficient (Wildman–Crippen LogP) is -0.935. The summed E-state index contributed by atoms with van der Waals surface area (Å²) in [5.74, 6) is -4.76. The van der Waals surface area contributed by atoms with Crippen molar-refractivity contribution in [1.29, 1.82) is 0 Å². The number of amides is 1. The zero-order chi connectivity index (χ0) is 17.6. The Bertz CT molecular complexity index is 682. The third-order valence-electron chi connectivity index (χ3n) is 4.68. The van der Waals surface area contributed by atoms with Crippen molar-refractivity contribution in [2.45, 2.75) is 35.3 Å². The van der Waals surface area contributed by atoms with E-state index in [4.69, 9.17) is 5.73 Å². The third kappa shape index (κ3) is 3.07. The summed E-state index contributed by atoms with van der Waals surface area (Å²) in [6.07, 6.45) is 1.42. The molecule has 0 bridgehead atoms. The number of fused-ring (bicyclic) bond motifs is 1. The maximum atomic E-state index is 12.0. The molecule has 0 unspecified atom stereocenters. The van der Waals surface area contributed by atoms with Crippen LogP contribution in [0.3, 0.4) is 0 Å². The Morgan fingerprint density at radius 2 is 2.16 bits per heavy atom. The van der Waals surface area contributed by atoms with Crippen LogP contribution < -0.4 is 17.2 Å². The lowest BCUT2D eigenvalue weighted by atomic mass is 9.89. The lowest BCUT2D eigenvalue weighted by Gasteiger charge is -2.30. The number of carboxylic acid groups (broad SMARTS) is 2. The van der Waals surface area contributed by atoms with Crippen LogP contribution in [-0.4, -0.2) is 60.1 Å². The first-order valence-electron chi connectivity index (χ1n) is 7.33. The van der Waals surface area contributed by atoms with Crippen molar-refractivity contribution < 1.29 is 24.6 Å². The van der Waals surface area contributed by atoms with Gasteiger partial charge < -0.3 is 27.4 Å². The number of H-pyrrole nitrogens is 1. The summed E-state index contributed by atoms with van der Waals surface area (Å²) < 4.78 is 0. The highest BCUT2D eigenvalue weighted by Gasteiger charge is 2.75. The molecule has 2 aliphatic rings. The highest BCUT2D eigenvalue weighted by atomic mass is 32.2. The van der Waals surface area contributed by atoms with E-state index in [2.05, 4.69) is 20.5 Å². The quantitative estimate of drug-likeness (QED) is 0.361. The summed E-state index contributed by atoms with van der Waals surface area (Å²) in [5.41, 5.74) is 3.89. The van der Waals surface area contributed by atoms with Crippen LogP contribution >= 0.6 is 11.8 Å². The van der Waals surface area contributed by atoms with E-state index >= 15 is 0 Å². The van der Waals surface area contributed by atoms with E-state index in [1.165, 1.54) is 25.0 Å². The molecule has 2 aliphatic carbocycles. The molecule has 1 amide bonds. The van der Waals surface area contributed by atoms with Gasteiger partial charge in [-0.2, -0.15) is 5.10 Å². The van der Waals surface area contributed by atoms with Crippen molar-refractivity contribution in [3.8, 4) is 0 Å². The summed E-state index contributed by atoms with van der Waals surface area (Å²) in [4.78, 5) is 39.4. The third-order valence-corrected chi connectivity index (χ3v) is 5.88. The highest BCUT2D eigenvalue weighted by molar-refractivity contribution is 7.99. The van der Waals surface area contributed by atoms with E-state index in [9.17, 15) is 24.6 Å². The molecule has 3 rings (SSSR count). The number of carbonyl (C=O) groups excluding carboxylic acids is 1. The molecular formula is C13H20N6O5S. The second-order valence-electron chi connectivity index (χ2n) is 6.17. The van der Waals surface area contributed by atoms with E-state index in [-0.39, 0.29) is 23.7 Å². The van der Waals surface area contributed by atoms with E-state index in [0.29, 0.717) is 5.16 Å². The van der Waals surface area contributed by atoms with Gasteiger partial charge in [0.1, 0.15) is 11.9 Å². The van der Waals surface area contributed by atoms with Crippen LogP contribution in [0.15, 0.2) is 11.5 Å². The molecule has 1 aromatic rings. The number of aromatic amines is 1. The monoisotopic (exact) mass is 372 g/mol. The molecule has 11 nitrogen and oxygen atoms in total. The fourth-order valence-electron chi connectivity index (χ4n) is 3.61. The Labute approximate surface area is 146 Å². The average molecular weight is 372 g/mol. The molecule has 0 spiro atoms. The van der Waals surface area contributed by atoms with Gasteiger partial charge in [-0.15, -0.1) is 0 Å². The summed E-state index contributed by atoms with van der Waals surface area (Å²) >= 11 is 1.25. The molecule has 2 saturated carbocycles. The zero-order valence-corrected chi connectivity index (χ0v) is 14.2. The van der Waals surface area contributed by atoms with Gasteiger partial charge in [0.25, 0.3) is 0 Å². The van der Waals surface area contributed by atoms with Gasteiger partial charge >= 0.3 is 11.9 Å². The van der Waals surface area contributed by atoms with Crippen LogP contribution in [0.2, 0.25) is 0 Å². The lowest BCUT2D eigenvalue weighted by molar-refractivity contribution is -0.149. The molecule has 12 heteroatoms. The summed E-state index contributed by atoms with van der Waals surface area (Å²) in [5, 5.41) is 28.2. The number of thioether (sulfide) groups is 1. The van der Waals surface area contributed by atoms with Crippen molar-refractivity contribution in [2.24, 2.45) is 23.5 Å². The minimum atomic E-state index is -1.63. The number of aromatic nitrogens is 3. The minimum absolute atomic E-state index is 0. The van der Waals surface area contributed by atoms with Crippen LogP contribution in [0.25, 0.3) is 0 Å². The van der Waals surface area contributed by atoms with E-state index < -0.39 is 41.3 Å². The Kier molecular flexibility index (Phi) is 5.06. The van der Waals surface area contributed by atoms with Gasteiger partial charge in [0.2, 0.25) is 5.91 Å². The number of carbonyl (C=O) groups is 3. The number of aliphatic carboxylic acids is 2. The number of hydrogen-bond donors (Lipinski definition) is 6. The number of nitrogens with zero attached hydrogens (tertiary/aromatic N) is 2. The van der Waals surface area contributed by atoms with Gasteiger partial charge in [0, 0.05) is 11.2 Å². The van der Waals surface area contributed by atoms with Crippen LogP contribution in [0.5, 0.6) is 0 Å². The molecule has 1 heterocycles. The molecular weight excluding hydrogens is 352 g/mol. The van der Waals surface area contributed by atoms with E-state index in [1.807, 2.05) is 0 Å². The molecule has 2 fully saturated rings. The second kappa shape index (κ2) is 6.61. The first-order valence-corrected chi connectivity index (χ1v) is 8.21. The smallest absolute Gasteiger partial charge is 0.329 e. The topological polar surface area (TPSA) is 206 Å². The van der Waals surface area contributed by atoms with Crippen molar-refractivity contribution in [3.63, 3.8) is 0 Å². The van der Waals surface area contributed by atoms with Gasteiger partial charge in [0.05, 0.1) is 12.0 Å². The van der Waals surface area contributed by atoms with Crippen molar-refractivity contribution in [1.82, 2.24) is 26.6 Å². The number of rotatable bonds is 6. The molecule has 25 heavy (non-hydrogen) atoms. The fraction of sp³-hybridized carbons (Fsp3) is 0.615. The van der Waals surface area contributed by atoms with Crippen LogP contribution in [-0.2, 0) is 14.4 Å². The zero-order valence-electron chi connectivity index (χ0n) is 13.4. The van der Waals surface area contributed by atoms with Gasteiger partial charge in [-0.25, -0.2) is 9.78 Å². The Balaban J connectivity index is 0.00000225. The fourth-order valence-corrected chi connectivity index (χ4v) is 4.95. The SMILES string of the molecule is C[C@H](N)C(=O)N[C@@]1(C(=O)O)C[C@@H](Sc2ncn[nH]2)[C@H]2[C@H](C(=O)O)[C@H]21.N. The van der Waals surface area contributed by atoms with Crippen molar-refractivity contribution >= 4 is 29.6 Å². The maximum absolute atomic E-state index is 12.0. The molecule has 0 aliphatic heterocycles. The standard InChI is InChI=1S/C13H17N5O5S.H3N/c1-4(14)9(19)17-13(11(22)23)2-5(24-12-15-3-16-18-12)6-7(8(6)13)10(20)21;/h3-8H,2,14H2,1H3,(H,17,19)(H,20,21)(H,22,23)(H,15,16,18);1H3/t4-,5+,6-,7-,8-,13-;/m0./s1. The van der Waals surface area contributed by atoms with Crippen molar-refractivity contribution in [3.05, 3.63) is 6.33 Å². The summed E-state index contributed by atoms with van der Waals surface area (Å²) in [7, 11) is 0. The largest absolute Gasteiger partial charge is 0.481 e. The first kappa shape index (κ1) is 19.1. The molecule has 6 atom stereocenters. The van der Waals surface area contributed by atoms with Crippen molar-refractivity contribution in [2.75, 3.05) is 0 Å². The molecule has 0 radical (unpaired) electrons. The molecule has 1 aromatic heterocycles. The average Bonchev–Trinajstić information content (AvgIpc) is 2.90. The molecule has 0 saturated heterocycles. The highest BCUT2D eigenvalue weighted by Crippen LogP contribution is 2.65. The minimum Gasteiger partial charge on any atom is -0.481 e. The van der Waals surface area contributed by atoms with Gasteiger partial charge in [-0.3, -0.25) is 14.7 Å². The summed E-state index contributed by atoms with van der Waals surface area (Å²) in [6, 6.07) is -0.886.